The quantitative estimate of drug-likeness (QED) is 0.635. The highest BCUT2D eigenvalue weighted by atomic mass is 16.2. The van der Waals surface area contributed by atoms with Gasteiger partial charge in [-0.1, -0.05) is 25.3 Å². The van der Waals surface area contributed by atoms with Gasteiger partial charge in [0.15, 0.2) is 0 Å². The third-order valence-electron chi connectivity index (χ3n) is 7.72. The highest BCUT2D eigenvalue weighted by Crippen LogP contribution is 2.44. The summed E-state index contributed by atoms with van der Waals surface area (Å²) in [6, 6.07) is 8.10. The zero-order valence-corrected chi connectivity index (χ0v) is 19.0. The summed E-state index contributed by atoms with van der Waals surface area (Å²) < 4.78 is 0. The highest BCUT2D eigenvalue weighted by molar-refractivity contribution is 6.03. The monoisotopic (exact) mass is 443 g/mol. The largest absolute Gasteiger partial charge is 0.346 e. The number of hydrogen-bond donors (Lipinski definition) is 2. The molecule has 7 nitrogen and oxygen atoms in total. The summed E-state index contributed by atoms with van der Waals surface area (Å²) in [5.41, 5.74) is 5.14. The SMILES string of the molecule is CN1CCN(C(=O)c2cnc3[nH]cc(-c4ccc5c(c4)C4(CCCCC4)NC5=O)c3c2)CC1. The Balaban J connectivity index is 1.38. The molecule has 7 heteroatoms. The topological polar surface area (TPSA) is 81.3 Å². The van der Waals surface area contributed by atoms with E-state index in [9.17, 15) is 9.59 Å². The Labute approximate surface area is 193 Å². The number of nitrogens with zero attached hydrogens (tertiary/aromatic N) is 3. The second-order valence-corrected chi connectivity index (χ2v) is 9.78. The van der Waals surface area contributed by atoms with Crippen molar-refractivity contribution in [2.45, 2.75) is 37.6 Å². The third kappa shape index (κ3) is 3.33. The number of benzene rings is 1. The molecule has 0 unspecified atom stereocenters. The summed E-state index contributed by atoms with van der Waals surface area (Å²) in [6.07, 6.45) is 9.12. The molecule has 3 aliphatic rings. The molecule has 1 aromatic carbocycles. The minimum atomic E-state index is -0.229. The molecule has 2 fully saturated rings. The molecule has 0 bridgehead atoms. The van der Waals surface area contributed by atoms with Crippen LogP contribution in [-0.2, 0) is 5.54 Å². The predicted molar refractivity (Wildman–Crippen MR) is 127 cm³/mol. The van der Waals surface area contributed by atoms with Crippen molar-refractivity contribution in [3.05, 3.63) is 53.3 Å². The first-order valence-electron chi connectivity index (χ1n) is 12.0. The molecule has 2 amide bonds. The number of amides is 2. The number of fused-ring (bicyclic) bond motifs is 3. The minimum absolute atomic E-state index is 0.0366. The van der Waals surface area contributed by atoms with Crippen LogP contribution in [0.15, 0.2) is 36.7 Å². The number of piperazine rings is 1. The van der Waals surface area contributed by atoms with E-state index >= 15 is 0 Å². The fourth-order valence-electron chi connectivity index (χ4n) is 5.76. The first-order chi connectivity index (χ1) is 16.0. The average molecular weight is 444 g/mol. The first kappa shape index (κ1) is 20.4. The Morgan fingerprint density at radius 2 is 1.82 bits per heavy atom. The summed E-state index contributed by atoms with van der Waals surface area (Å²) >= 11 is 0. The van der Waals surface area contributed by atoms with E-state index in [1.165, 1.54) is 6.42 Å². The number of carbonyl (C=O) groups excluding carboxylic acids is 2. The first-order valence-corrected chi connectivity index (χ1v) is 12.0. The maximum Gasteiger partial charge on any atom is 0.255 e. The smallest absolute Gasteiger partial charge is 0.255 e. The Morgan fingerprint density at radius 1 is 1.03 bits per heavy atom. The van der Waals surface area contributed by atoms with Crippen LogP contribution in [0.4, 0.5) is 0 Å². The predicted octanol–water partition coefficient (Wildman–Crippen LogP) is 3.52. The van der Waals surface area contributed by atoms with Gasteiger partial charge in [-0.05, 0) is 49.2 Å². The number of H-pyrrole nitrogens is 1. The lowest BCUT2D eigenvalue weighted by Gasteiger charge is -2.34. The van der Waals surface area contributed by atoms with E-state index in [0.29, 0.717) is 5.56 Å². The number of likely N-dealkylation sites (N-methyl/N-ethyl adjacent to an activating group) is 1. The molecule has 170 valence electrons. The molecule has 2 aliphatic heterocycles. The number of nitrogens with one attached hydrogen (secondary N) is 2. The van der Waals surface area contributed by atoms with Gasteiger partial charge in [0, 0.05) is 55.1 Å². The van der Waals surface area contributed by atoms with E-state index in [0.717, 1.165) is 85.1 Å². The summed E-state index contributed by atoms with van der Waals surface area (Å²) in [6.45, 7) is 3.25. The van der Waals surface area contributed by atoms with Gasteiger partial charge in [-0.2, -0.15) is 0 Å². The van der Waals surface area contributed by atoms with Gasteiger partial charge in [0.1, 0.15) is 5.65 Å². The molecule has 1 spiro atoms. The number of aromatic nitrogens is 2. The fourth-order valence-corrected chi connectivity index (χ4v) is 5.76. The van der Waals surface area contributed by atoms with Crippen molar-refractivity contribution >= 4 is 22.8 Å². The summed E-state index contributed by atoms with van der Waals surface area (Å²) in [7, 11) is 2.08. The van der Waals surface area contributed by atoms with Crippen molar-refractivity contribution in [1.29, 1.82) is 0 Å². The number of hydrogen-bond acceptors (Lipinski definition) is 4. The summed E-state index contributed by atoms with van der Waals surface area (Å²) in [4.78, 5) is 37.7. The zero-order valence-electron chi connectivity index (χ0n) is 19.0. The molecule has 2 aromatic heterocycles. The molecule has 0 atom stereocenters. The fraction of sp³-hybridized carbons (Fsp3) is 0.423. The summed E-state index contributed by atoms with van der Waals surface area (Å²) in [5, 5.41) is 4.23. The summed E-state index contributed by atoms with van der Waals surface area (Å²) in [5.74, 6) is 0.0775. The average Bonchev–Trinajstić information content (AvgIpc) is 3.38. The maximum atomic E-state index is 13.1. The number of carbonyl (C=O) groups is 2. The van der Waals surface area contributed by atoms with Crippen LogP contribution in [0.25, 0.3) is 22.2 Å². The van der Waals surface area contributed by atoms with Crippen LogP contribution in [0, 0.1) is 0 Å². The normalized spacial score (nSPS) is 20.3. The van der Waals surface area contributed by atoms with Crippen molar-refractivity contribution in [2.24, 2.45) is 0 Å². The van der Waals surface area contributed by atoms with Gasteiger partial charge in [0.2, 0.25) is 0 Å². The second-order valence-electron chi connectivity index (χ2n) is 9.78. The van der Waals surface area contributed by atoms with Crippen molar-refractivity contribution in [3.63, 3.8) is 0 Å². The van der Waals surface area contributed by atoms with E-state index in [2.05, 4.69) is 33.3 Å². The Bertz CT molecular complexity index is 1250. The van der Waals surface area contributed by atoms with Gasteiger partial charge in [0.05, 0.1) is 11.1 Å². The van der Waals surface area contributed by atoms with Crippen molar-refractivity contribution in [3.8, 4) is 11.1 Å². The molecule has 3 aromatic rings. The van der Waals surface area contributed by atoms with Gasteiger partial charge in [-0.25, -0.2) is 4.98 Å². The van der Waals surface area contributed by atoms with Crippen molar-refractivity contribution in [1.82, 2.24) is 25.1 Å². The Morgan fingerprint density at radius 3 is 2.61 bits per heavy atom. The van der Waals surface area contributed by atoms with Crippen LogP contribution in [0.2, 0.25) is 0 Å². The van der Waals surface area contributed by atoms with E-state index in [-0.39, 0.29) is 17.4 Å². The van der Waals surface area contributed by atoms with Gasteiger partial charge >= 0.3 is 0 Å². The van der Waals surface area contributed by atoms with Crippen LogP contribution in [0.3, 0.4) is 0 Å². The number of rotatable bonds is 2. The molecular formula is C26H29N5O2. The van der Waals surface area contributed by atoms with Crippen molar-refractivity contribution in [2.75, 3.05) is 33.2 Å². The Kier molecular flexibility index (Phi) is 4.76. The van der Waals surface area contributed by atoms with E-state index in [4.69, 9.17) is 0 Å². The molecule has 0 radical (unpaired) electrons. The molecule has 1 saturated carbocycles. The standard InChI is InChI=1S/C26H29N5O2/c1-30-9-11-31(12-10-30)25(33)18-13-20-21(16-28-23(20)27-15-18)17-5-6-19-22(14-17)26(29-24(19)32)7-3-2-4-8-26/h5-6,13-16H,2-4,7-12H2,1H3,(H,27,28)(H,29,32). The van der Waals surface area contributed by atoms with Crippen molar-refractivity contribution < 1.29 is 9.59 Å². The van der Waals surface area contributed by atoms with Crippen LogP contribution in [0.5, 0.6) is 0 Å². The molecule has 6 rings (SSSR count). The third-order valence-corrected chi connectivity index (χ3v) is 7.72. The molecule has 4 heterocycles. The van der Waals surface area contributed by atoms with Gasteiger partial charge in [0.25, 0.3) is 11.8 Å². The van der Waals surface area contributed by atoms with E-state index in [1.807, 2.05) is 29.3 Å². The molecule has 1 saturated heterocycles. The molecule has 33 heavy (non-hydrogen) atoms. The lowest BCUT2D eigenvalue weighted by molar-refractivity contribution is 0.0663. The van der Waals surface area contributed by atoms with Crippen LogP contribution in [-0.4, -0.2) is 64.8 Å². The van der Waals surface area contributed by atoms with Crippen LogP contribution in [0.1, 0.15) is 58.4 Å². The van der Waals surface area contributed by atoms with E-state index < -0.39 is 0 Å². The Hall–Kier alpha value is -3.19. The van der Waals surface area contributed by atoms with Crippen LogP contribution >= 0.6 is 0 Å². The van der Waals surface area contributed by atoms with Crippen LogP contribution < -0.4 is 5.32 Å². The van der Waals surface area contributed by atoms with Gasteiger partial charge in [-0.15, -0.1) is 0 Å². The molecular weight excluding hydrogens is 414 g/mol. The second kappa shape index (κ2) is 7.70. The molecule has 2 N–H and O–H groups in total. The van der Waals surface area contributed by atoms with Gasteiger partial charge in [-0.3, -0.25) is 9.59 Å². The van der Waals surface area contributed by atoms with E-state index in [1.54, 1.807) is 6.20 Å². The lowest BCUT2D eigenvalue weighted by Crippen LogP contribution is -2.47. The minimum Gasteiger partial charge on any atom is -0.346 e. The molecule has 1 aliphatic carbocycles. The number of pyridine rings is 1. The zero-order chi connectivity index (χ0) is 22.6. The number of aromatic amines is 1. The highest BCUT2D eigenvalue weighted by Gasteiger charge is 2.43. The maximum absolute atomic E-state index is 13.1. The van der Waals surface area contributed by atoms with Gasteiger partial charge < -0.3 is 20.1 Å². The lowest BCUT2D eigenvalue weighted by atomic mass is 9.77.